The van der Waals surface area contributed by atoms with Gasteiger partial charge in [0.1, 0.15) is 5.60 Å². The molecular formula is C9H10F3NO. The molecule has 0 bridgehead atoms. The van der Waals surface area contributed by atoms with Crippen LogP contribution in [0.25, 0.3) is 0 Å². The van der Waals surface area contributed by atoms with Crippen molar-refractivity contribution in [2.45, 2.75) is 43.6 Å². The molecule has 1 heterocycles. The third kappa shape index (κ3) is 1.48. The molecule has 2 aliphatic rings. The van der Waals surface area contributed by atoms with E-state index < -0.39 is 23.8 Å². The average molecular weight is 205 g/mol. The van der Waals surface area contributed by atoms with Crippen LogP contribution < -0.4 is 0 Å². The van der Waals surface area contributed by atoms with Gasteiger partial charge in [-0.3, -0.25) is 0 Å². The maximum atomic E-state index is 12.4. The Morgan fingerprint density at radius 3 is 2.64 bits per heavy atom. The first kappa shape index (κ1) is 9.78. The Morgan fingerprint density at radius 1 is 1.43 bits per heavy atom. The van der Waals surface area contributed by atoms with Crippen LogP contribution in [0, 0.1) is 17.2 Å². The summed E-state index contributed by atoms with van der Waals surface area (Å²) in [6.45, 7) is 0. The van der Waals surface area contributed by atoms with E-state index in [9.17, 15) is 13.2 Å². The Bertz CT molecular complexity index is 283. The lowest BCUT2D eigenvalue weighted by Crippen LogP contribution is -2.33. The summed E-state index contributed by atoms with van der Waals surface area (Å²) >= 11 is 0. The number of ether oxygens (including phenoxy) is 1. The smallest absolute Gasteiger partial charge is 0.350 e. The molecule has 1 aliphatic heterocycles. The third-order valence-corrected chi connectivity index (χ3v) is 3.10. The number of rotatable bonds is 0. The lowest BCUT2D eigenvalue weighted by Gasteiger charge is -2.28. The molecule has 78 valence electrons. The van der Waals surface area contributed by atoms with Gasteiger partial charge < -0.3 is 4.74 Å². The molecule has 0 amide bonds. The zero-order chi connectivity index (χ0) is 10.4. The highest BCUT2D eigenvalue weighted by molar-refractivity contribution is 5.15. The molecule has 2 nitrogen and oxygen atoms in total. The maximum Gasteiger partial charge on any atom is 0.391 e. The summed E-state index contributed by atoms with van der Waals surface area (Å²) < 4.78 is 42.3. The first-order valence-corrected chi connectivity index (χ1v) is 4.62. The molecule has 1 saturated carbocycles. The van der Waals surface area contributed by atoms with Crippen LogP contribution in [0.2, 0.25) is 0 Å². The summed E-state index contributed by atoms with van der Waals surface area (Å²) in [5.74, 6) is -1.28. The summed E-state index contributed by atoms with van der Waals surface area (Å²) in [7, 11) is 0. The summed E-state index contributed by atoms with van der Waals surface area (Å²) in [6, 6.07) is 1.88. The normalized spacial score (nSPS) is 42.1. The lowest BCUT2D eigenvalue weighted by atomic mass is 9.79. The molecule has 1 aliphatic carbocycles. The van der Waals surface area contributed by atoms with Gasteiger partial charge in [0, 0.05) is 0 Å². The number of halogens is 3. The molecule has 5 heteroatoms. The molecule has 14 heavy (non-hydrogen) atoms. The van der Waals surface area contributed by atoms with Crippen molar-refractivity contribution in [3.05, 3.63) is 0 Å². The van der Waals surface area contributed by atoms with E-state index in [4.69, 9.17) is 10.00 Å². The van der Waals surface area contributed by atoms with Crippen molar-refractivity contribution in [3.8, 4) is 6.07 Å². The van der Waals surface area contributed by atoms with Crippen LogP contribution in [0.3, 0.4) is 0 Å². The number of alkyl halides is 3. The highest BCUT2D eigenvalue weighted by atomic mass is 19.4. The van der Waals surface area contributed by atoms with Gasteiger partial charge in [-0.15, -0.1) is 0 Å². The van der Waals surface area contributed by atoms with E-state index in [2.05, 4.69) is 0 Å². The highest BCUT2D eigenvalue weighted by Crippen LogP contribution is 2.52. The van der Waals surface area contributed by atoms with Crippen LogP contribution in [-0.4, -0.2) is 17.9 Å². The lowest BCUT2D eigenvalue weighted by molar-refractivity contribution is -0.186. The van der Waals surface area contributed by atoms with Crippen LogP contribution in [0.4, 0.5) is 13.2 Å². The number of hydrogen-bond acceptors (Lipinski definition) is 2. The molecule has 0 radical (unpaired) electrons. The number of epoxide rings is 1. The molecule has 2 rings (SSSR count). The van der Waals surface area contributed by atoms with Crippen LogP contribution in [0.15, 0.2) is 0 Å². The monoisotopic (exact) mass is 205 g/mol. The van der Waals surface area contributed by atoms with E-state index in [0.29, 0.717) is 12.8 Å². The fourth-order valence-corrected chi connectivity index (χ4v) is 2.24. The van der Waals surface area contributed by atoms with Crippen molar-refractivity contribution in [1.82, 2.24) is 0 Å². The second-order valence-corrected chi connectivity index (χ2v) is 4.03. The van der Waals surface area contributed by atoms with Crippen LogP contribution >= 0.6 is 0 Å². The molecule has 3 unspecified atom stereocenters. The minimum atomic E-state index is -4.14. The van der Waals surface area contributed by atoms with Crippen LogP contribution in [0.5, 0.6) is 0 Å². The van der Waals surface area contributed by atoms with E-state index in [1.165, 1.54) is 0 Å². The fraction of sp³-hybridized carbons (Fsp3) is 0.889. The Labute approximate surface area is 79.6 Å². The van der Waals surface area contributed by atoms with Gasteiger partial charge in [0.2, 0.25) is 0 Å². The van der Waals surface area contributed by atoms with E-state index in [0.717, 1.165) is 0 Å². The largest absolute Gasteiger partial charge is 0.391 e. The van der Waals surface area contributed by atoms with Gasteiger partial charge in [-0.2, -0.15) is 18.4 Å². The van der Waals surface area contributed by atoms with E-state index in [1.807, 2.05) is 6.07 Å². The second kappa shape index (κ2) is 2.86. The Hall–Kier alpha value is -0.760. The molecule has 1 saturated heterocycles. The maximum absolute atomic E-state index is 12.4. The van der Waals surface area contributed by atoms with E-state index in [1.54, 1.807) is 0 Å². The summed E-state index contributed by atoms with van der Waals surface area (Å²) in [5, 5.41) is 8.56. The topological polar surface area (TPSA) is 36.3 Å². The molecular weight excluding hydrogens is 195 g/mol. The summed E-state index contributed by atoms with van der Waals surface area (Å²) in [6.07, 6.45) is -3.51. The number of nitrogens with zero attached hydrogens (tertiary/aromatic N) is 1. The van der Waals surface area contributed by atoms with Gasteiger partial charge in [0.25, 0.3) is 0 Å². The minimum Gasteiger partial charge on any atom is -0.350 e. The second-order valence-electron chi connectivity index (χ2n) is 4.03. The van der Waals surface area contributed by atoms with Gasteiger partial charge in [-0.25, -0.2) is 0 Å². The van der Waals surface area contributed by atoms with Crippen LogP contribution in [0.1, 0.15) is 25.7 Å². The van der Waals surface area contributed by atoms with Crippen LogP contribution in [-0.2, 0) is 4.74 Å². The Kier molecular flexibility index (Phi) is 2.00. The van der Waals surface area contributed by atoms with Crippen molar-refractivity contribution >= 4 is 0 Å². The predicted octanol–water partition coefficient (Wildman–Crippen LogP) is 2.40. The third-order valence-electron chi connectivity index (χ3n) is 3.10. The standard InChI is InChI=1S/C9H10F3NO/c10-9(11,12)6-2-1-3-8(4-6)7(5-13)14-8/h6-7H,1-4H2. The summed E-state index contributed by atoms with van der Waals surface area (Å²) in [4.78, 5) is 0. The zero-order valence-electron chi connectivity index (χ0n) is 7.47. The van der Waals surface area contributed by atoms with E-state index >= 15 is 0 Å². The van der Waals surface area contributed by atoms with Crippen molar-refractivity contribution in [1.29, 1.82) is 5.26 Å². The number of nitriles is 1. The molecule has 3 atom stereocenters. The molecule has 0 aromatic rings. The average Bonchev–Trinajstić information content (AvgIpc) is 2.77. The van der Waals surface area contributed by atoms with Gasteiger partial charge >= 0.3 is 6.18 Å². The summed E-state index contributed by atoms with van der Waals surface area (Å²) in [5.41, 5.74) is -0.757. The van der Waals surface area contributed by atoms with Gasteiger partial charge in [-0.1, -0.05) is 0 Å². The van der Waals surface area contributed by atoms with Crippen molar-refractivity contribution in [3.63, 3.8) is 0 Å². The highest BCUT2D eigenvalue weighted by Gasteiger charge is 2.61. The van der Waals surface area contributed by atoms with Crippen molar-refractivity contribution < 1.29 is 17.9 Å². The first-order chi connectivity index (χ1) is 6.48. The van der Waals surface area contributed by atoms with E-state index in [-0.39, 0.29) is 12.8 Å². The molecule has 2 fully saturated rings. The fourth-order valence-electron chi connectivity index (χ4n) is 2.24. The molecule has 0 N–H and O–H groups in total. The van der Waals surface area contributed by atoms with Gasteiger partial charge in [0.15, 0.2) is 6.10 Å². The SMILES string of the molecule is N#CC1OC12CCCC(C(F)(F)F)C2. The quantitative estimate of drug-likeness (QED) is 0.569. The Balaban J connectivity index is 2.04. The minimum absolute atomic E-state index is 0.0330. The first-order valence-electron chi connectivity index (χ1n) is 4.62. The predicted molar refractivity (Wildman–Crippen MR) is 41.2 cm³/mol. The van der Waals surface area contributed by atoms with Gasteiger partial charge in [0.05, 0.1) is 12.0 Å². The van der Waals surface area contributed by atoms with Gasteiger partial charge in [-0.05, 0) is 25.7 Å². The Morgan fingerprint density at radius 2 is 2.14 bits per heavy atom. The van der Waals surface area contributed by atoms with Crippen molar-refractivity contribution in [2.75, 3.05) is 0 Å². The molecule has 1 spiro atoms. The zero-order valence-corrected chi connectivity index (χ0v) is 7.47. The van der Waals surface area contributed by atoms with Crippen molar-refractivity contribution in [2.24, 2.45) is 5.92 Å². The molecule has 0 aromatic heterocycles. The number of hydrogen-bond donors (Lipinski definition) is 0. The molecule has 0 aromatic carbocycles.